The Labute approximate surface area is 157 Å². The van der Waals surface area contributed by atoms with Crippen LogP contribution in [0.25, 0.3) is 17.2 Å². The van der Waals surface area contributed by atoms with Crippen molar-refractivity contribution >= 4 is 46.8 Å². The molecule has 0 fully saturated rings. The summed E-state index contributed by atoms with van der Waals surface area (Å²) in [6.07, 6.45) is 5.82. The third-order valence-electron chi connectivity index (χ3n) is 4.02. The van der Waals surface area contributed by atoms with Crippen LogP contribution in [0.4, 0.5) is 5.69 Å². The lowest BCUT2D eigenvalue weighted by Crippen LogP contribution is -2.29. The molecule has 3 aromatic rings. The van der Waals surface area contributed by atoms with Crippen molar-refractivity contribution in [3.05, 3.63) is 72.5 Å². The van der Waals surface area contributed by atoms with E-state index in [0.29, 0.717) is 0 Å². The molecule has 5 heteroatoms. The van der Waals surface area contributed by atoms with Crippen LogP contribution in [-0.2, 0) is 7.05 Å². The van der Waals surface area contributed by atoms with Crippen LogP contribution < -0.4 is 14.2 Å². The van der Waals surface area contributed by atoms with Crippen LogP contribution >= 0.6 is 24.0 Å². The number of ether oxygens (including phenoxy) is 1. The van der Waals surface area contributed by atoms with Crippen molar-refractivity contribution in [1.82, 2.24) is 0 Å². The molecule has 2 aromatic carbocycles. The largest absolute Gasteiger partial charge is 0.439 e. The Kier molecular flexibility index (Phi) is 4.62. The number of rotatable bonds is 2. The molecule has 1 aromatic heterocycles. The number of halogens is 1. The van der Waals surface area contributed by atoms with Crippen LogP contribution in [0.5, 0.6) is 5.75 Å². The van der Waals surface area contributed by atoms with E-state index in [4.69, 9.17) is 9.15 Å². The van der Waals surface area contributed by atoms with Crippen molar-refractivity contribution in [3.8, 4) is 5.75 Å². The molecule has 0 N–H and O–H groups in total. The number of aryl methyl sites for hydroxylation is 1. The lowest BCUT2D eigenvalue weighted by Gasteiger charge is -2.09. The maximum atomic E-state index is 5.84. The predicted octanol–water partition coefficient (Wildman–Crippen LogP) is 4.26. The minimum absolute atomic E-state index is 0. The van der Waals surface area contributed by atoms with Crippen molar-refractivity contribution in [3.63, 3.8) is 0 Å². The first kappa shape index (κ1) is 16.6. The van der Waals surface area contributed by atoms with E-state index in [1.807, 2.05) is 90.3 Å². The van der Waals surface area contributed by atoms with Gasteiger partial charge >= 0.3 is 5.89 Å². The van der Waals surface area contributed by atoms with Crippen LogP contribution in [0.1, 0.15) is 5.89 Å². The molecule has 0 bridgehead atoms. The van der Waals surface area contributed by atoms with Crippen molar-refractivity contribution in [2.75, 3.05) is 11.9 Å². The average Bonchev–Trinajstić information content (AvgIpc) is 3.07. The molecule has 0 unspecified atom stereocenters. The summed E-state index contributed by atoms with van der Waals surface area (Å²) in [4.78, 5) is 2.03. The second kappa shape index (κ2) is 6.68. The van der Waals surface area contributed by atoms with E-state index in [0.717, 1.165) is 34.3 Å². The maximum Gasteiger partial charge on any atom is 0.373 e. The summed E-state index contributed by atoms with van der Waals surface area (Å²) in [6.45, 7) is 0. The van der Waals surface area contributed by atoms with Crippen LogP contribution in [0.15, 0.2) is 71.0 Å². The molecule has 2 heterocycles. The molecule has 0 aliphatic carbocycles. The van der Waals surface area contributed by atoms with Crippen LogP contribution in [-0.4, -0.2) is 7.05 Å². The Bertz CT molecular complexity index is 943. The highest BCUT2D eigenvalue weighted by molar-refractivity contribution is 14.0. The minimum atomic E-state index is 0. The zero-order valence-electron chi connectivity index (χ0n) is 13.5. The number of hydrogen-bond donors (Lipinski definition) is 0. The van der Waals surface area contributed by atoms with E-state index in [2.05, 4.69) is 0 Å². The molecule has 0 atom stereocenters. The van der Waals surface area contributed by atoms with Gasteiger partial charge in [0.1, 0.15) is 7.05 Å². The molecule has 4 rings (SSSR count). The van der Waals surface area contributed by atoms with Gasteiger partial charge in [0.15, 0.2) is 11.6 Å². The first-order valence-corrected chi connectivity index (χ1v) is 7.50. The monoisotopic (exact) mass is 433 g/mol. The van der Waals surface area contributed by atoms with Gasteiger partial charge in [0, 0.05) is 13.1 Å². The van der Waals surface area contributed by atoms with Gasteiger partial charge in [-0.25, -0.2) is 0 Å². The van der Waals surface area contributed by atoms with Gasteiger partial charge in [-0.3, -0.25) is 0 Å². The summed E-state index contributed by atoms with van der Waals surface area (Å²) in [6, 6.07) is 16.0. The van der Waals surface area contributed by atoms with Gasteiger partial charge in [-0.2, -0.15) is 4.57 Å². The molecule has 1 aliphatic rings. The highest BCUT2D eigenvalue weighted by Crippen LogP contribution is 2.37. The summed E-state index contributed by atoms with van der Waals surface area (Å²) in [5, 5.41) is 0. The van der Waals surface area contributed by atoms with Crippen molar-refractivity contribution in [1.29, 1.82) is 0 Å². The summed E-state index contributed by atoms with van der Waals surface area (Å²) in [7, 11) is 3.99. The van der Waals surface area contributed by atoms with Crippen LogP contribution in [0, 0.1) is 0 Å². The Balaban J connectivity index is 0.00000169. The number of para-hydroxylation sites is 4. The van der Waals surface area contributed by atoms with Gasteiger partial charge in [-0.05, 0) is 30.4 Å². The second-order valence-electron chi connectivity index (χ2n) is 5.46. The molecular weight excluding hydrogens is 415 g/mol. The molecule has 0 amide bonds. The van der Waals surface area contributed by atoms with E-state index < -0.39 is 0 Å². The number of allylic oxidation sites excluding steroid dienone is 2. The van der Waals surface area contributed by atoms with Crippen molar-refractivity contribution < 1.29 is 13.7 Å². The normalized spacial score (nSPS) is 14.9. The molecule has 0 saturated heterocycles. The van der Waals surface area contributed by atoms with E-state index in [-0.39, 0.29) is 24.0 Å². The Morgan fingerprint density at radius 1 is 1.04 bits per heavy atom. The van der Waals surface area contributed by atoms with Gasteiger partial charge in [0.05, 0.1) is 11.8 Å². The zero-order chi connectivity index (χ0) is 15.8. The molecule has 24 heavy (non-hydrogen) atoms. The number of benzene rings is 2. The number of anilines is 1. The van der Waals surface area contributed by atoms with E-state index in [1.54, 1.807) is 0 Å². The van der Waals surface area contributed by atoms with Gasteiger partial charge in [0.2, 0.25) is 5.58 Å². The molecule has 122 valence electrons. The smallest absolute Gasteiger partial charge is 0.373 e. The van der Waals surface area contributed by atoms with E-state index in [9.17, 15) is 0 Å². The second-order valence-corrected chi connectivity index (χ2v) is 5.46. The molecule has 0 spiro atoms. The van der Waals surface area contributed by atoms with Gasteiger partial charge in [-0.1, -0.05) is 24.3 Å². The summed E-state index contributed by atoms with van der Waals surface area (Å²) in [5.41, 5.74) is 3.02. The Morgan fingerprint density at radius 2 is 1.79 bits per heavy atom. The highest BCUT2D eigenvalue weighted by Gasteiger charge is 2.21. The third kappa shape index (κ3) is 2.80. The van der Waals surface area contributed by atoms with Gasteiger partial charge < -0.3 is 14.1 Å². The lowest BCUT2D eigenvalue weighted by atomic mass is 10.3. The Morgan fingerprint density at radius 3 is 2.58 bits per heavy atom. The SMILES string of the molecule is CN1/C(=C\C=C\c2oc3ccccc3[n+]2C)Oc2ccccc21.I. The fourth-order valence-electron chi connectivity index (χ4n) is 2.75. The summed E-state index contributed by atoms with van der Waals surface area (Å²) >= 11 is 0. The fourth-order valence-corrected chi connectivity index (χ4v) is 2.75. The summed E-state index contributed by atoms with van der Waals surface area (Å²) < 4.78 is 13.7. The topological polar surface area (TPSA) is 29.5 Å². The summed E-state index contributed by atoms with van der Waals surface area (Å²) in [5.74, 6) is 2.46. The first-order chi connectivity index (χ1) is 11.2. The minimum Gasteiger partial charge on any atom is -0.439 e. The fraction of sp³-hybridized carbons (Fsp3) is 0.105. The molecular formula is C19H18IN2O2+. The standard InChI is InChI=1S/C19H17N2O2.HI/c1-20-14-8-3-5-10-16(14)22-18(20)12-7-13-19-21(2)15-9-4-6-11-17(15)23-19;/h3-13H,1-2H3;1H/q+1;. The molecule has 0 radical (unpaired) electrons. The lowest BCUT2D eigenvalue weighted by molar-refractivity contribution is -0.652. The number of nitrogens with zero attached hydrogens (tertiary/aromatic N) is 2. The predicted molar refractivity (Wildman–Crippen MR) is 105 cm³/mol. The zero-order valence-corrected chi connectivity index (χ0v) is 15.8. The average molecular weight is 433 g/mol. The highest BCUT2D eigenvalue weighted by atomic mass is 127. The number of oxazole rings is 1. The Hall–Kier alpha value is -2.28. The quantitative estimate of drug-likeness (QED) is 0.447. The molecule has 4 nitrogen and oxygen atoms in total. The van der Waals surface area contributed by atoms with Gasteiger partial charge in [-0.15, -0.1) is 24.0 Å². The van der Waals surface area contributed by atoms with Crippen molar-refractivity contribution in [2.45, 2.75) is 0 Å². The van der Waals surface area contributed by atoms with Crippen LogP contribution in [0.2, 0.25) is 0 Å². The first-order valence-electron chi connectivity index (χ1n) is 7.50. The number of hydrogen-bond acceptors (Lipinski definition) is 3. The van der Waals surface area contributed by atoms with E-state index >= 15 is 0 Å². The maximum absolute atomic E-state index is 5.84. The molecule has 1 aliphatic heterocycles. The number of aromatic nitrogens is 1. The van der Waals surface area contributed by atoms with Crippen LogP contribution in [0.3, 0.4) is 0 Å². The van der Waals surface area contributed by atoms with Crippen molar-refractivity contribution in [2.24, 2.45) is 7.05 Å². The van der Waals surface area contributed by atoms with E-state index in [1.165, 1.54) is 0 Å². The third-order valence-corrected chi connectivity index (χ3v) is 4.02. The number of fused-ring (bicyclic) bond motifs is 2. The van der Waals surface area contributed by atoms with Gasteiger partial charge in [0.25, 0.3) is 5.52 Å². The molecule has 0 saturated carbocycles.